The largest absolute Gasteiger partial charge is 0.287 e. The zero-order chi connectivity index (χ0) is 15.6. The maximum atomic E-state index is 12.8. The quantitative estimate of drug-likeness (QED) is 0.787. The van der Waals surface area contributed by atoms with Crippen molar-refractivity contribution in [2.75, 3.05) is 0 Å². The molecule has 3 nitrogen and oxygen atoms in total. The SMILES string of the molecule is Cc1ccc(C(=O)c2nc(C(C)C)cnc2C(C)C)cc1. The van der Waals surface area contributed by atoms with Gasteiger partial charge in [-0.2, -0.15) is 0 Å². The van der Waals surface area contributed by atoms with Crippen molar-refractivity contribution in [3.8, 4) is 0 Å². The lowest BCUT2D eigenvalue weighted by Gasteiger charge is -2.13. The van der Waals surface area contributed by atoms with Crippen LogP contribution in [0.3, 0.4) is 0 Å². The molecule has 0 fully saturated rings. The van der Waals surface area contributed by atoms with Crippen molar-refractivity contribution in [2.45, 2.75) is 46.5 Å². The van der Waals surface area contributed by atoms with Crippen LogP contribution in [0.1, 0.15) is 72.5 Å². The van der Waals surface area contributed by atoms with Gasteiger partial charge in [-0.25, -0.2) is 4.98 Å². The first-order valence-corrected chi connectivity index (χ1v) is 7.38. The standard InChI is InChI=1S/C18H22N2O/c1-11(2)15-10-19-16(12(3)4)17(20-15)18(21)14-8-6-13(5)7-9-14/h6-12H,1-5H3. The van der Waals surface area contributed by atoms with Crippen molar-refractivity contribution in [1.82, 2.24) is 9.97 Å². The second kappa shape index (κ2) is 6.17. The molecule has 0 amide bonds. The van der Waals surface area contributed by atoms with Crippen molar-refractivity contribution >= 4 is 5.78 Å². The third-order valence-electron chi connectivity index (χ3n) is 3.49. The summed E-state index contributed by atoms with van der Waals surface area (Å²) in [6.45, 7) is 10.2. The first-order chi connectivity index (χ1) is 9.90. The Morgan fingerprint density at radius 3 is 2.14 bits per heavy atom. The number of carbonyl (C=O) groups is 1. The summed E-state index contributed by atoms with van der Waals surface area (Å²) in [6.07, 6.45) is 1.78. The minimum atomic E-state index is -0.0475. The Balaban J connectivity index is 2.51. The van der Waals surface area contributed by atoms with Crippen molar-refractivity contribution in [3.05, 3.63) is 58.7 Å². The summed E-state index contributed by atoms with van der Waals surface area (Å²) in [5.74, 6) is 0.375. The normalized spacial score (nSPS) is 11.2. The molecule has 0 atom stereocenters. The van der Waals surface area contributed by atoms with E-state index in [1.54, 1.807) is 6.20 Å². The number of benzene rings is 1. The highest BCUT2D eigenvalue weighted by molar-refractivity contribution is 6.08. The van der Waals surface area contributed by atoms with E-state index in [4.69, 9.17) is 0 Å². The fourth-order valence-electron chi connectivity index (χ4n) is 2.12. The summed E-state index contributed by atoms with van der Waals surface area (Å²) < 4.78 is 0. The van der Waals surface area contributed by atoms with Gasteiger partial charge in [0.05, 0.1) is 11.4 Å². The molecule has 2 aromatic rings. The van der Waals surface area contributed by atoms with Crippen LogP contribution < -0.4 is 0 Å². The Morgan fingerprint density at radius 1 is 1.00 bits per heavy atom. The lowest BCUT2D eigenvalue weighted by atomic mass is 9.99. The fraction of sp³-hybridized carbons (Fsp3) is 0.389. The minimum absolute atomic E-state index is 0.0475. The van der Waals surface area contributed by atoms with Gasteiger partial charge >= 0.3 is 0 Å². The maximum absolute atomic E-state index is 12.8. The molecule has 0 saturated carbocycles. The van der Waals surface area contributed by atoms with Gasteiger partial charge in [0.15, 0.2) is 0 Å². The number of aromatic nitrogens is 2. The molecule has 2 rings (SSSR count). The van der Waals surface area contributed by atoms with Crippen LogP contribution >= 0.6 is 0 Å². The number of carbonyl (C=O) groups excluding carboxylic acids is 1. The molecule has 110 valence electrons. The van der Waals surface area contributed by atoms with Crippen LogP contribution in [0.5, 0.6) is 0 Å². The van der Waals surface area contributed by atoms with E-state index in [9.17, 15) is 4.79 Å². The second-order valence-corrected chi connectivity index (χ2v) is 6.03. The minimum Gasteiger partial charge on any atom is -0.287 e. The van der Waals surface area contributed by atoms with E-state index < -0.39 is 0 Å². The Labute approximate surface area is 126 Å². The summed E-state index contributed by atoms with van der Waals surface area (Å²) in [4.78, 5) is 21.8. The van der Waals surface area contributed by atoms with Gasteiger partial charge in [0.1, 0.15) is 5.69 Å². The Kier molecular flexibility index (Phi) is 4.51. The molecule has 3 heteroatoms. The Morgan fingerprint density at radius 2 is 1.62 bits per heavy atom. The van der Waals surface area contributed by atoms with Crippen molar-refractivity contribution < 1.29 is 4.79 Å². The monoisotopic (exact) mass is 282 g/mol. The maximum Gasteiger partial charge on any atom is 0.213 e. The van der Waals surface area contributed by atoms with Gasteiger partial charge in [0.2, 0.25) is 5.78 Å². The van der Waals surface area contributed by atoms with Crippen molar-refractivity contribution in [1.29, 1.82) is 0 Å². The highest BCUT2D eigenvalue weighted by Gasteiger charge is 2.20. The average molecular weight is 282 g/mol. The van der Waals surface area contributed by atoms with Gasteiger partial charge in [0, 0.05) is 11.8 Å². The molecule has 0 N–H and O–H groups in total. The lowest BCUT2D eigenvalue weighted by molar-refractivity contribution is 0.103. The number of hydrogen-bond acceptors (Lipinski definition) is 3. The lowest BCUT2D eigenvalue weighted by Crippen LogP contribution is -2.13. The van der Waals surface area contributed by atoms with E-state index in [2.05, 4.69) is 23.8 Å². The molecule has 0 aliphatic heterocycles. The van der Waals surface area contributed by atoms with Gasteiger partial charge < -0.3 is 0 Å². The van der Waals surface area contributed by atoms with Gasteiger partial charge in [-0.3, -0.25) is 9.78 Å². The van der Waals surface area contributed by atoms with Crippen LogP contribution in [0.2, 0.25) is 0 Å². The summed E-state index contributed by atoms with van der Waals surface area (Å²) in [5.41, 5.74) is 3.91. The van der Waals surface area contributed by atoms with Crippen LogP contribution in [0.4, 0.5) is 0 Å². The number of rotatable bonds is 4. The van der Waals surface area contributed by atoms with Crippen molar-refractivity contribution in [2.24, 2.45) is 0 Å². The molecule has 0 spiro atoms. The molecule has 1 aromatic heterocycles. The molecule has 0 radical (unpaired) electrons. The highest BCUT2D eigenvalue weighted by Crippen LogP contribution is 2.21. The summed E-state index contributed by atoms with van der Waals surface area (Å²) in [5, 5.41) is 0. The molecule has 0 bridgehead atoms. The number of ketones is 1. The number of nitrogens with zero attached hydrogens (tertiary/aromatic N) is 2. The van der Waals surface area contributed by atoms with E-state index >= 15 is 0 Å². The van der Waals surface area contributed by atoms with E-state index in [-0.39, 0.29) is 17.6 Å². The average Bonchev–Trinajstić information content (AvgIpc) is 2.46. The van der Waals surface area contributed by atoms with E-state index in [1.165, 1.54) is 0 Å². The van der Waals surface area contributed by atoms with Crippen LogP contribution in [-0.4, -0.2) is 15.8 Å². The third-order valence-corrected chi connectivity index (χ3v) is 3.49. The van der Waals surface area contributed by atoms with Gasteiger partial charge in [-0.15, -0.1) is 0 Å². The smallest absolute Gasteiger partial charge is 0.213 e. The summed E-state index contributed by atoms with van der Waals surface area (Å²) in [6, 6.07) is 7.60. The Bertz CT molecular complexity index is 643. The van der Waals surface area contributed by atoms with Crippen molar-refractivity contribution in [3.63, 3.8) is 0 Å². The van der Waals surface area contributed by atoms with E-state index in [1.807, 2.05) is 45.0 Å². The molecule has 0 aliphatic rings. The van der Waals surface area contributed by atoms with E-state index in [0.29, 0.717) is 11.3 Å². The predicted molar refractivity (Wildman–Crippen MR) is 84.8 cm³/mol. The Hall–Kier alpha value is -2.03. The second-order valence-electron chi connectivity index (χ2n) is 6.03. The molecular weight excluding hydrogens is 260 g/mol. The fourth-order valence-corrected chi connectivity index (χ4v) is 2.12. The van der Waals surface area contributed by atoms with E-state index in [0.717, 1.165) is 17.0 Å². The first-order valence-electron chi connectivity index (χ1n) is 7.38. The summed E-state index contributed by atoms with van der Waals surface area (Å²) in [7, 11) is 0. The summed E-state index contributed by atoms with van der Waals surface area (Å²) >= 11 is 0. The van der Waals surface area contributed by atoms with Gasteiger partial charge in [-0.05, 0) is 18.8 Å². The number of hydrogen-bond donors (Lipinski definition) is 0. The first kappa shape index (κ1) is 15.4. The predicted octanol–water partition coefficient (Wildman–Crippen LogP) is 4.26. The van der Waals surface area contributed by atoms with Crippen LogP contribution in [0, 0.1) is 6.92 Å². The van der Waals surface area contributed by atoms with Gasteiger partial charge in [-0.1, -0.05) is 57.5 Å². The topological polar surface area (TPSA) is 42.9 Å². The molecule has 0 unspecified atom stereocenters. The molecule has 1 heterocycles. The van der Waals surface area contributed by atoms with Crippen LogP contribution in [0.15, 0.2) is 30.5 Å². The zero-order valence-electron chi connectivity index (χ0n) is 13.3. The number of aryl methyl sites for hydroxylation is 1. The molecule has 1 aromatic carbocycles. The zero-order valence-corrected chi connectivity index (χ0v) is 13.3. The van der Waals surface area contributed by atoms with Gasteiger partial charge in [0.25, 0.3) is 0 Å². The van der Waals surface area contributed by atoms with Crippen LogP contribution in [0.25, 0.3) is 0 Å². The third kappa shape index (κ3) is 3.35. The molecular formula is C18H22N2O. The molecule has 0 saturated heterocycles. The molecule has 0 aliphatic carbocycles. The van der Waals surface area contributed by atoms with Crippen LogP contribution in [-0.2, 0) is 0 Å². The highest BCUT2D eigenvalue weighted by atomic mass is 16.1. The molecule has 21 heavy (non-hydrogen) atoms.